The van der Waals surface area contributed by atoms with E-state index in [2.05, 4.69) is 24.1 Å². The normalized spacial score (nSPS) is 14.8. The van der Waals surface area contributed by atoms with Crippen molar-refractivity contribution < 1.29 is 4.79 Å². The third-order valence-electron chi connectivity index (χ3n) is 3.55. The summed E-state index contributed by atoms with van der Waals surface area (Å²) in [6.07, 6.45) is 2.37. The second-order valence-electron chi connectivity index (χ2n) is 6.03. The van der Waals surface area contributed by atoms with Crippen molar-refractivity contribution in [3.8, 4) is 0 Å². The minimum Gasteiger partial charge on any atom is -0.398 e. The summed E-state index contributed by atoms with van der Waals surface area (Å²) in [6.45, 7) is 6.16. The Hall–Kier alpha value is -1.55. The van der Waals surface area contributed by atoms with E-state index in [-0.39, 0.29) is 5.91 Å². The molecule has 0 aliphatic heterocycles. The molecule has 0 aromatic heterocycles. The predicted octanol–water partition coefficient (Wildman–Crippen LogP) is 2.01. The van der Waals surface area contributed by atoms with Crippen molar-refractivity contribution in [3.63, 3.8) is 0 Å². The molecule has 1 fully saturated rings. The van der Waals surface area contributed by atoms with Crippen LogP contribution in [0.3, 0.4) is 0 Å². The Labute approximate surface area is 121 Å². The fraction of sp³-hybridized carbons (Fsp3) is 0.562. The van der Waals surface area contributed by atoms with E-state index in [1.54, 1.807) is 0 Å². The van der Waals surface area contributed by atoms with Gasteiger partial charge in [0.2, 0.25) is 5.91 Å². The second kappa shape index (κ2) is 6.75. The summed E-state index contributed by atoms with van der Waals surface area (Å²) in [6, 6.07) is 8.43. The summed E-state index contributed by atoms with van der Waals surface area (Å²) in [5, 5.41) is 2.98. The topological polar surface area (TPSA) is 58.4 Å². The van der Waals surface area contributed by atoms with Crippen LogP contribution in [-0.4, -0.2) is 29.9 Å². The first-order chi connectivity index (χ1) is 9.56. The molecule has 1 aromatic rings. The molecule has 4 nitrogen and oxygen atoms in total. The number of carbonyl (C=O) groups is 1. The fourth-order valence-corrected chi connectivity index (χ4v) is 2.21. The lowest BCUT2D eigenvalue weighted by Gasteiger charge is -2.22. The number of hydrogen-bond acceptors (Lipinski definition) is 3. The molecule has 1 aliphatic rings. The molecule has 1 aliphatic carbocycles. The number of anilines is 1. The Morgan fingerprint density at radius 2 is 2.10 bits per heavy atom. The number of benzene rings is 1. The molecule has 20 heavy (non-hydrogen) atoms. The molecule has 1 aromatic carbocycles. The first-order valence-electron chi connectivity index (χ1n) is 7.40. The van der Waals surface area contributed by atoms with Gasteiger partial charge in [0.15, 0.2) is 0 Å². The van der Waals surface area contributed by atoms with E-state index in [0.717, 1.165) is 24.3 Å². The maximum Gasteiger partial charge on any atom is 0.234 e. The van der Waals surface area contributed by atoms with E-state index in [9.17, 15) is 4.79 Å². The van der Waals surface area contributed by atoms with E-state index < -0.39 is 0 Å². The highest BCUT2D eigenvalue weighted by atomic mass is 16.2. The van der Waals surface area contributed by atoms with Gasteiger partial charge in [-0.15, -0.1) is 0 Å². The van der Waals surface area contributed by atoms with Crippen LogP contribution in [0.5, 0.6) is 0 Å². The molecule has 2 rings (SSSR count). The Morgan fingerprint density at radius 3 is 2.70 bits per heavy atom. The van der Waals surface area contributed by atoms with Crippen LogP contribution in [0.4, 0.5) is 5.69 Å². The molecule has 0 bridgehead atoms. The van der Waals surface area contributed by atoms with Crippen LogP contribution in [-0.2, 0) is 11.3 Å². The minimum absolute atomic E-state index is 0.111. The Kier molecular flexibility index (Phi) is 5.01. The molecule has 0 heterocycles. The van der Waals surface area contributed by atoms with E-state index in [1.807, 2.05) is 24.3 Å². The van der Waals surface area contributed by atoms with Gasteiger partial charge in [0, 0.05) is 24.8 Å². The molecular formula is C16H25N3O. The van der Waals surface area contributed by atoms with Gasteiger partial charge in [-0.05, 0) is 30.4 Å². The first kappa shape index (κ1) is 14.9. The molecule has 0 spiro atoms. The Balaban J connectivity index is 1.91. The Bertz CT molecular complexity index is 455. The van der Waals surface area contributed by atoms with Gasteiger partial charge >= 0.3 is 0 Å². The maximum atomic E-state index is 12.0. The van der Waals surface area contributed by atoms with Crippen LogP contribution < -0.4 is 11.1 Å². The highest BCUT2D eigenvalue weighted by Gasteiger charge is 2.30. The molecular weight excluding hydrogens is 250 g/mol. The lowest BCUT2D eigenvalue weighted by Crippen LogP contribution is -2.39. The zero-order chi connectivity index (χ0) is 14.5. The van der Waals surface area contributed by atoms with Gasteiger partial charge in [-0.2, -0.15) is 0 Å². The number of amides is 1. The van der Waals surface area contributed by atoms with Crippen molar-refractivity contribution in [3.05, 3.63) is 29.8 Å². The average molecular weight is 275 g/mol. The van der Waals surface area contributed by atoms with Crippen LogP contribution in [0, 0.1) is 5.92 Å². The third-order valence-corrected chi connectivity index (χ3v) is 3.55. The summed E-state index contributed by atoms with van der Waals surface area (Å²) in [5.41, 5.74) is 7.91. The molecule has 0 radical (unpaired) electrons. The van der Waals surface area contributed by atoms with Crippen molar-refractivity contribution in [1.29, 1.82) is 0 Å². The van der Waals surface area contributed by atoms with Crippen LogP contribution in [0.1, 0.15) is 32.3 Å². The van der Waals surface area contributed by atoms with Gasteiger partial charge in [-0.1, -0.05) is 32.0 Å². The maximum absolute atomic E-state index is 12.0. The van der Waals surface area contributed by atoms with E-state index in [1.165, 1.54) is 12.8 Å². The fourth-order valence-electron chi connectivity index (χ4n) is 2.21. The molecule has 4 heteroatoms. The standard InChI is InChI=1S/C16H25N3O/c1-12(2)9-18-16(20)11-19(14-7-8-14)10-13-5-3-4-6-15(13)17/h3-6,12,14H,7-11,17H2,1-2H3,(H,18,20). The van der Waals surface area contributed by atoms with E-state index >= 15 is 0 Å². The van der Waals surface area contributed by atoms with Crippen molar-refractivity contribution in [2.75, 3.05) is 18.8 Å². The third kappa shape index (κ3) is 4.53. The lowest BCUT2D eigenvalue weighted by atomic mass is 10.1. The zero-order valence-corrected chi connectivity index (χ0v) is 12.4. The molecule has 0 unspecified atom stereocenters. The molecule has 110 valence electrons. The SMILES string of the molecule is CC(C)CNC(=O)CN(Cc1ccccc1N)C1CC1. The predicted molar refractivity (Wildman–Crippen MR) is 82.1 cm³/mol. The first-order valence-corrected chi connectivity index (χ1v) is 7.40. The Morgan fingerprint density at radius 1 is 1.40 bits per heavy atom. The summed E-state index contributed by atoms with van der Waals surface area (Å²) in [4.78, 5) is 14.2. The molecule has 0 atom stereocenters. The smallest absolute Gasteiger partial charge is 0.234 e. The van der Waals surface area contributed by atoms with Crippen molar-refractivity contribution in [2.45, 2.75) is 39.3 Å². The number of rotatable bonds is 7. The average Bonchev–Trinajstić information content (AvgIpc) is 3.22. The van der Waals surface area contributed by atoms with Gasteiger partial charge in [-0.3, -0.25) is 9.69 Å². The largest absolute Gasteiger partial charge is 0.398 e. The number of nitrogen functional groups attached to an aromatic ring is 1. The summed E-state index contributed by atoms with van der Waals surface area (Å²) >= 11 is 0. The zero-order valence-electron chi connectivity index (χ0n) is 12.4. The summed E-state index contributed by atoms with van der Waals surface area (Å²) in [7, 11) is 0. The monoisotopic (exact) mass is 275 g/mol. The van der Waals surface area contributed by atoms with Gasteiger partial charge in [0.05, 0.1) is 6.54 Å². The minimum atomic E-state index is 0.111. The number of nitrogens with two attached hydrogens (primary N) is 1. The number of para-hydroxylation sites is 1. The van der Waals surface area contributed by atoms with E-state index in [0.29, 0.717) is 18.5 Å². The van der Waals surface area contributed by atoms with Crippen molar-refractivity contribution in [2.24, 2.45) is 5.92 Å². The molecule has 1 saturated carbocycles. The molecule has 1 amide bonds. The van der Waals surface area contributed by atoms with Gasteiger partial charge in [0.1, 0.15) is 0 Å². The van der Waals surface area contributed by atoms with E-state index in [4.69, 9.17) is 5.73 Å². The highest BCUT2D eigenvalue weighted by molar-refractivity contribution is 5.78. The number of hydrogen-bond donors (Lipinski definition) is 2. The lowest BCUT2D eigenvalue weighted by molar-refractivity contribution is -0.122. The van der Waals surface area contributed by atoms with Gasteiger partial charge in [-0.25, -0.2) is 0 Å². The van der Waals surface area contributed by atoms with Crippen LogP contribution in [0.25, 0.3) is 0 Å². The molecule has 0 saturated heterocycles. The number of nitrogens with one attached hydrogen (secondary N) is 1. The number of nitrogens with zero attached hydrogens (tertiary/aromatic N) is 1. The van der Waals surface area contributed by atoms with Crippen LogP contribution in [0.15, 0.2) is 24.3 Å². The highest BCUT2D eigenvalue weighted by Crippen LogP contribution is 2.28. The summed E-state index contributed by atoms with van der Waals surface area (Å²) < 4.78 is 0. The number of carbonyl (C=O) groups excluding carboxylic acids is 1. The summed E-state index contributed by atoms with van der Waals surface area (Å²) in [5.74, 6) is 0.596. The van der Waals surface area contributed by atoms with Gasteiger partial charge < -0.3 is 11.1 Å². The molecule has 3 N–H and O–H groups in total. The van der Waals surface area contributed by atoms with Crippen molar-refractivity contribution >= 4 is 11.6 Å². The second-order valence-corrected chi connectivity index (χ2v) is 6.03. The van der Waals surface area contributed by atoms with Gasteiger partial charge in [0.25, 0.3) is 0 Å². The van der Waals surface area contributed by atoms with Crippen molar-refractivity contribution in [1.82, 2.24) is 10.2 Å². The van der Waals surface area contributed by atoms with Crippen LogP contribution >= 0.6 is 0 Å². The quantitative estimate of drug-likeness (QED) is 0.748. The van der Waals surface area contributed by atoms with Crippen LogP contribution in [0.2, 0.25) is 0 Å².